The van der Waals surface area contributed by atoms with E-state index in [1.165, 1.54) is 12.0 Å². The maximum absolute atomic E-state index is 13.0. The van der Waals surface area contributed by atoms with Crippen LogP contribution < -0.4 is 19.4 Å². The van der Waals surface area contributed by atoms with Gasteiger partial charge in [-0.15, -0.1) is 0 Å². The molecular weight excluding hydrogens is 346 g/mol. The van der Waals surface area contributed by atoms with E-state index in [0.29, 0.717) is 17.4 Å². The molecule has 0 bridgehead atoms. The van der Waals surface area contributed by atoms with Crippen LogP contribution in [-0.2, 0) is 9.59 Å². The third-order valence-electron chi connectivity index (χ3n) is 5.21. The zero-order valence-electron chi connectivity index (χ0n) is 15.2. The van der Waals surface area contributed by atoms with Crippen LogP contribution >= 0.6 is 0 Å². The first-order valence-electron chi connectivity index (χ1n) is 9.05. The second-order valence-corrected chi connectivity index (χ2v) is 6.69. The Morgan fingerprint density at radius 3 is 2.48 bits per heavy atom. The zero-order chi connectivity index (χ0) is 18.8. The molecule has 8 nitrogen and oxygen atoms in total. The highest BCUT2D eigenvalue weighted by atomic mass is 16.5. The van der Waals surface area contributed by atoms with Crippen LogP contribution in [0.3, 0.4) is 0 Å². The van der Waals surface area contributed by atoms with Crippen LogP contribution in [0.1, 0.15) is 6.42 Å². The molecule has 8 heteroatoms. The van der Waals surface area contributed by atoms with E-state index < -0.39 is 0 Å². The maximum Gasteiger partial charge on any atom is 0.292 e. The molecule has 0 radical (unpaired) electrons. The Bertz CT molecular complexity index is 836. The average molecular weight is 368 g/mol. The van der Waals surface area contributed by atoms with Crippen molar-refractivity contribution in [3.8, 4) is 5.75 Å². The molecular formula is C19H22N5O3+. The predicted molar refractivity (Wildman–Crippen MR) is 98.8 cm³/mol. The number of nitrogens with zero attached hydrogens (tertiary/aromatic N) is 4. The van der Waals surface area contributed by atoms with E-state index in [9.17, 15) is 9.59 Å². The molecule has 2 fully saturated rings. The molecule has 140 valence electrons. The van der Waals surface area contributed by atoms with Gasteiger partial charge in [0.2, 0.25) is 11.9 Å². The molecule has 1 aromatic carbocycles. The molecule has 0 unspecified atom stereocenters. The fraction of sp³-hybridized carbons (Fsp3) is 0.368. The Balaban J connectivity index is 1.47. The normalized spacial score (nSPS) is 21.0. The molecule has 1 aromatic heterocycles. The quantitative estimate of drug-likeness (QED) is 0.735. The zero-order valence-corrected chi connectivity index (χ0v) is 15.2. The number of anilines is 2. The highest BCUT2D eigenvalue weighted by molar-refractivity contribution is 6.22. The van der Waals surface area contributed by atoms with Gasteiger partial charge in [0, 0.05) is 12.4 Å². The average Bonchev–Trinajstić information content (AvgIpc) is 3.02. The number of ether oxygens (including phenoxy) is 1. The van der Waals surface area contributed by atoms with Gasteiger partial charge in [0.25, 0.3) is 5.91 Å². The fourth-order valence-corrected chi connectivity index (χ4v) is 3.82. The molecule has 1 atom stereocenters. The monoisotopic (exact) mass is 368 g/mol. The van der Waals surface area contributed by atoms with Gasteiger partial charge in [0.15, 0.2) is 6.04 Å². The number of hydrogen-bond acceptors (Lipinski definition) is 6. The topological polar surface area (TPSA) is 80.1 Å². The van der Waals surface area contributed by atoms with Crippen LogP contribution in [-0.4, -0.2) is 61.1 Å². The minimum Gasteiger partial charge on any atom is -0.495 e. The van der Waals surface area contributed by atoms with Crippen molar-refractivity contribution in [2.75, 3.05) is 43.1 Å². The van der Waals surface area contributed by atoms with E-state index in [2.05, 4.69) is 14.9 Å². The molecule has 2 aliphatic heterocycles. The number of para-hydroxylation sites is 2. The van der Waals surface area contributed by atoms with Crippen LogP contribution in [0.15, 0.2) is 42.7 Å². The Hall–Kier alpha value is -3.00. The van der Waals surface area contributed by atoms with Gasteiger partial charge in [-0.05, 0) is 18.2 Å². The summed E-state index contributed by atoms with van der Waals surface area (Å²) < 4.78 is 5.32. The van der Waals surface area contributed by atoms with Gasteiger partial charge < -0.3 is 14.5 Å². The van der Waals surface area contributed by atoms with Crippen molar-refractivity contribution in [2.24, 2.45) is 0 Å². The lowest BCUT2D eigenvalue weighted by Gasteiger charge is -2.34. The number of methoxy groups -OCH3 is 1. The lowest BCUT2D eigenvalue weighted by Crippen LogP contribution is -3.19. The molecule has 2 saturated heterocycles. The van der Waals surface area contributed by atoms with Gasteiger partial charge in [0.1, 0.15) is 5.75 Å². The minimum atomic E-state index is -0.346. The largest absolute Gasteiger partial charge is 0.495 e. The number of piperazine rings is 1. The SMILES string of the molecule is COc1ccccc1N1C(=O)C[C@@H]([NH+]2CCN(c3ncccn3)CC2)C1=O. The number of carbonyl (C=O) groups excluding carboxylic acids is 2. The molecule has 3 heterocycles. The van der Waals surface area contributed by atoms with Crippen molar-refractivity contribution < 1.29 is 19.2 Å². The van der Waals surface area contributed by atoms with Crippen molar-refractivity contribution in [3.63, 3.8) is 0 Å². The molecule has 2 aromatic rings. The summed E-state index contributed by atoms with van der Waals surface area (Å²) >= 11 is 0. The first kappa shape index (κ1) is 17.4. The molecule has 0 saturated carbocycles. The number of aromatic nitrogens is 2. The van der Waals surface area contributed by atoms with Crippen molar-refractivity contribution >= 4 is 23.5 Å². The van der Waals surface area contributed by atoms with Crippen LogP contribution in [0.25, 0.3) is 0 Å². The van der Waals surface area contributed by atoms with E-state index in [-0.39, 0.29) is 24.3 Å². The van der Waals surface area contributed by atoms with E-state index in [1.807, 2.05) is 6.07 Å². The lowest BCUT2D eigenvalue weighted by atomic mass is 10.2. The third kappa shape index (κ3) is 3.23. The molecule has 0 aliphatic carbocycles. The number of carbonyl (C=O) groups is 2. The summed E-state index contributed by atoms with van der Waals surface area (Å²) in [4.78, 5) is 38.7. The number of rotatable bonds is 4. The van der Waals surface area contributed by atoms with Crippen molar-refractivity contribution in [3.05, 3.63) is 42.7 Å². The number of amides is 2. The summed E-state index contributed by atoms with van der Waals surface area (Å²) in [5.41, 5.74) is 0.522. The summed E-state index contributed by atoms with van der Waals surface area (Å²) in [6.45, 7) is 3.04. The standard InChI is InChI=1S/C19H21N5O3/c1-27-16-6-3-2-5-14(16)24-17(25)13-15(18(24)26)22-9-11-23(12-10-22)19-20-7-4-8-21-19/h2-8,15H,9-13H2,1H3/p+1/t15-/m1/s1. The number of benzene rings is 1. The van der Waals surface area contributed by atoms with Crippen molar-refractivity contribution in [1.29, 1.82) is 0 Å². The molecule has 1 N–H and O–H groups in total. The van der Waals surface area contributed by atoms with E-state index >= 15 is 0 Å². The van der Waals surface area contributed by atoms with Crippen LogP contribution in [0.5, 0.6) is 5.75 Å². The van der Waals surface area contributed by atoms with Crippen LogP contribution in [0, 0.1) is 0 Å². The Kier molecular flexibility index (Phi) is 4.72. The Morgan fingerprint density at radius 2 is 1.78 bits per heavy atom. The van der Waals surface area contributed by atoms with Crippen molar-refractivity contribution in [1.82, 2.24) is 9.97 Å². The van der Waals surface area contributed by atoms with E-state index in [4.69, 9.17) is 4.74 Å². The fourth-order valence-electron chi connectivity index (χ4n) is 3.82. The smallest absolute Gasteiger partial charge is 0.292 e. The van der Waals surface area contributed by atoms with E-state index in [0.717, 1.165) is 31.1 Å². The molecule has 0 spiro atoms. The summed E-state index contributed by atoms with van der Waals surface area (Å²) in [5, 5.41) is 0. The summed E-state index contributed by atoms with van der Waals surface area (Å²) in [5.74, 6) is 0.918. The van der Waals surface area contributed by atoms with Gasteiger partial charge >= 0.3 is 0 Å². The van der Waals surface area contributed by atoms with Gasteiger partial charge in [-0.1, -0.05) is 12.1 Å². The molecule has 2 amide bonds. The van der Waals surface area contributed by atoms with Gasteiger partial charge in [0.05, 0.1) is 45.4 Å². The molecule has 2 aliphatic rings. The van der Waals surface area contributed by atoms with Crippen molar-refractivity contribution in [2.45, 2.75) is 12.5 Å². The highest BCUT2D eigenvalue weighted by Gasteiger charge is 2.47. The van der Waals surface area contributed by atoms with Gasteiger partial charge in [-0.25, -0.2) is 14.9 Å². The maximum atomic E-state index is 13.0. The summed E-state index contributed by atoms with van der Waals surface area (Å²) in [7, 11) is 1.54. The Morgan fingerprint density at radius 1 is 1.07 bits per heavy atom. The summed E-state index contributed by atoms with van der Waals surface area (Å²) in [6.07, 6.45) is 3.69. The second-order valence-electron chi connectivity index (χ2n) is 6.69. The second kappa shape index (κ2) is 7.32. The minimum absolute atomic E-state index is 0.149. The lowest BCUT2D eigenvalue weighted by molar-refractivity contribution is -0.915. The number of nitrogens with one attached hydrogen (secondary N) is 1. The Labute approximate surface area is 157 Å². The number of imide groups is 1. The number of quaternary nitrogens is 1. The van der Waals surface area contributed by atoms with Crippen LogP contribution in [0.2, 0.25) is 0 Å². The van der Waals surface area contributed by atoms with Gasteiger partial charge in [-0.2, -0.15) is 0 Å². The van der Waals surface area contributed by atoms with Gasteiger partial charge in [-0.3, -0.25) is 9.59 Å². The first-order valence-corrected chi connectivity index (χ1v) is 9.05. The highest BCUT2D eigenvalue weighted by Crippen LogP contribution is 2.31. The number of hydrogen-bond donors (Lipinski definition) is 1. The predicted octanol–water partition coefficient (Wildman–Crippen LogP) is -0.478. The van der Waals surface area contributed by atoms with E-state index in [1.54, 1.807) is 36.7 Å². The molecule has 27 heavy (non-hydrogen) atoms. The first-order chi connectivity index (χ1) is 13.2. The van der Waals surface area contributed by atoms with Crippen LogP contribution in [0.4, 0.5) is 11.6 Å². The molecule has 4 rings (SSSR count). The third-order valence-corrected chi connectivity index (χ3v) is 5.21. The summed E-state index contributed by atoms with van der Waals surface area (Å²) in [6, 6.07) is 8.57.